The van der Waals surface area contributed by atoms with Crippen molar-refractivity contribution >= 4 is 12.3 Å². The van der Waals surface area contributed by atoms with Crippen LogP contribution in [-0.2, 0) is 14.3 Å². The van der Waals surface area contributed by atoms with Crippen LogP contribution in [0.5, 0.6) is 0 Å². The number of hydrogen-bond acceptors (Lipinski definition) is 7. The molecule has 3 unspecified atom stereocenters. The molecule has 4 bridgehead atoms. The molecule has 0 aromatic rings. The maximum atomic E-state index is 14.3. The Labute approximate surface area is 321 Å². The van der Waals surface area contributed by atoms with E-state index in [0.717, 1.165) is 76.4 Å². The number of aldehydes is 1. The topological polar surface area (TPSA) is 76.6 Å². The van der Waals surface area contributed by atoms with Crippen molar-refractivity contribution < 1.29 is 19.4 Å². The second-order valence-electron chi connectivity index (χ2n) is 19.9. The predicted octanol–water partition coefficient (Wildman–Crippen LogP) is 6.69. The molecule has 0 aromatic heterocycles. The summed E-state index contributed by atoms with van der Waals surface area (Å²) in [6, 6.07) is 0. The summed E-state index contributed by atoms with van der Waals surface area (Å²) in [6.07, 6.45) is 19.0. The number of nitrogens with zero attached hydrogens (tertiary/aromatic N) is 4. The highest BCUT2D eigenvalue weighted by atomic mass is 16.5. The lowest BCUT2D eigenvalue weighted by molar-refractivity contribution is -0.197. The van der Waals surface area contributed by atoms with Gasteiger partial charge in [0.2, 0.25) is 0 Å². The van der Waals surface area contributed by atoms with E-state index in [1.54, 1.807) is 0 Å². The van der Waals surface area contributed by atoms with E-state index in [2.05, 4.69) is 53.4 Å². The lowest BCUT2D eigenvalue weighted by atomic mass is 9.41. The van der Waals surface area contributed by atoms with Crippen LogP contribution in [0, 0.1) is 57.7 Å². The number of hydrogen-bond donors (Lipinski definition) is 1. The van der Waals surface area contributed by atoms with Crippen molar-refractivity contribution in [1.82, 2.24) is 19.6 Å². The van der Waals surface area contributed by atoms with Gasteiger partial charge in [-0.25, -0.2) is 0 Å². The van der Waals surface area contributed by atoms with Crippen LogP contribution in [0.3, 0.4) is 0 Å². The number of carboxylic acids is 1. The number of aliphatic carboxylic acids is 1. The SMILES string of the molecule is CCN(CCN1CCN(CCN2CCCCC2)CC1)C[C@@H]1O[C@@H](C23C[C@@H]4[C@H](C)CC[C@H]4C4(C=O)CC2C=C(C(C)C)[C@]43C(=O)O)C[C@H]1CC1CCCC1. The molecule has 8 rings (SSSR count). The van der Waals surface area contributed by atoms with Gasteiger partial charge in [0.1, 0.15) is 11.7 Å². The third kappa shape index (κ3) is 6.34. The highest BCUT2D eigenvalue weighted by Gasteiger charge is 2.86. The van der Waals surface area contributed by atoms with Gasteiger partial charge in [-0.15, -0.1) is 0 Å². The van der Waals surface area contributed by atoms with E-state index in [1.165, 1.54) is 96.9 Å². The molecule has 7 fully saturated rings. The van der Waals surface area contributed by atoms with Crippen molar-refractivity contribution in [3.05, 3.63) is 11.6 Å². The highest BCUT2D eigenvalue weighted by molar-refractivity contribution is 5.90. The first-order chi connectivity index (χ1) is 25.7. The molecule has 0 spiro atoms. The smallest absolute Gasteiger partial charge is 0.315 e. The van der Waals surface area contributed by atoms with E-state index in [9.17, 15) is 14.7 Å². The van der Waals surface area contributed by atoms with Crippen LogP contribution in [0.2, 0.25) is 0 Å². The summed E-state index contributed by atoms with van der Waals surface area (Å²) >= 11 is 0. The molecule has 298 valence electrons. The van der Waals surface area contributed by atoms with E-state index in [-0.39, 0.29) is 30.0 Å². The van der Waals surface area contributed by atoms with Gasteiger partial charge in [0.15, 0.2) is 0 Å². The number of fused-ring (bicyclic) bond motifs is 2. The van der Waals surface area contributed by atoms with Gasteiger partial charge in [0.25, 0.3) is 0 Å². The first kappa shape index (κ1) is 38.5. The normalized spacial score (nSPS) is 42.2. The van der Waals surface area contributed by atoms with Crippen molar-refractivity contribution in [1.29, 1.82) is 0 Å². The Morgan fingerprint density at radius 3 is 2.26 bits per heavy atom. The van der Waals surface area contributed by atoms with Crippen LogP contribution in [0.4, 0.5) is 0 Å². The van der Waals surface area contributed by atoms with Crippen LogP contribution in [0.1, 0.15) is 111 Å². The Morgan fingerprint density at radius 1 is 0.943 bits per heavy atom. The van der Waals surface area contributed by atoms with E-state index in [1.807, 2.05) is 0 Å². The second kappa shape index (κ2) is 15.6. The molecule has 53 heavy (non-hydrogen) atoms. The van der Waals surface area contributed by atoms with E-state index < -0.39 is 22.2 Å². The fourth-order valence-corrected chi connectivity index (χ4v) is 14.7. The second-order valence-corrected chi connectivity index (χ2v) is 19.9. The molecule has 3 heterocycles. The largest absolute Gasteiger partial charge is 0.481 e. The van der Waals surface area contributed by atoms with Crippen LogP contribution in [0.15, 0.2) is 11.6 Å². The lowest BCUT2D eigenvalue weighted by Crippen LogP contribution is -2.65. The first-order valence-electron chi connectivity index (χ1n) is 22.6. The van der Waals surface area contributed by atoms with Crippen LogP contribution in [-0.4, -0.2) is 128 Å². The lowest BCUT2D eigenvalue weighted by Gasteiger charge is -2.60. The Hall–Kier alpha value is -1.32. The number of carbonyl (C=O) groups is 2. The number of piperidine rings is 1. The van der Waals surface area contributed by atoms with Gasteiger partial charge in [-0.1, -0.05) is 77.9 Å². The molecular weight excluding hydrogens is 661 g/mol. The summed E-state index contributed by atoms with van der Waals surface area (Å²) in [4.78, 5) is 38.7. The molecule has 0 amide bonds. The molecule has 8 heteroatoms. The molecular formula is C45H74N4O4. The standard InChI is InChI=1S/C45H74N4O4/c1-5-46(17-18-48-21-23-49(24-22-48)20-19-47-15-9-6-10-16-47)30-40-35(25-34-11-7-8-12-34)26-41(53-40)44-29-37-33(4)13-14-38(37)43(31-50)28-36(44)27-39(32(2)3)45(43,44)42(51)52/h27,31-38,40-41H,5-26,28-30H2,1-4H3,(H,51,52)/t33-,35-,36?,37-,38-,40+,41-,43?,44?,45+/m1/s1. The molecule has 0 aromatic carbocycles. The number of allylic oxidation sites excluding steroid dienone is 1. The quantitative estimate of drug-likeness (QED) is 0.148. The number of ether oxygens (including phenoxy) is 1. The average Bonchev–Trinajstić information content (AvgIpc) is 3.99. The molecule has 10 atom stereocenters. The number of rotatable bonds is 15. The Kier molecular flexibility index (Phi) is 11.3. The Morgan fingerprint density at radius 2 is 1.62 bits per heavy atom. The molecule has 3 saturated heterocycles. The van der Waals surface area contributed by atoms with Gasteiger partial charge in [-0.2, -0.15) is 0 Å². The number of carboxylic acid groups (broad SMARTS) is 1. The third-order valence-corrected chi connectivity index (χ3v) is 17.3. The van der Waals surface area contributed by atoms with E-state index in [0.29, 0.717) is 24.2 Å². The Balaban J connectivity index is 0.990. The van der Waals surface area contributed by atoms with Gasteiger partial charge >= 0.3 is 5.97 Å². The number of likely N-dealkylation sites (tertiary alicyclic amines) is 1. The summed E-state index contributed by atoms with van der Waals surface area (Å²) in [5.74, 6) is 1.80. The molecule has 0 radical (unpaired) electrons. The van der Waals surface area contributed by atoms with Crippen LogP contribution in [0.25, 0.3) is 0 Å². The zero-order valence-electron chi connectivity index (χ0n) is 34.0. The van der Waals surface area contributed by atoms with Crippen LogP contribution >= 0.6 is 0 Å². The number of likely N-dealkylation sites (N-methyl/N-ethyl adjacent to an activating group) is 1. The highest BCUT2D eigenvalue weighted by Crippen LogP contribution is 2.84. The molecule has 4 saturated carbocycles. The van der Waals surface area contributed by atoms with Gasteiger partial charge in [-0.05, 0) is 106 Å². The van der Waals surface area contributed by atoms with Crippen molar-refractivity contribution in [2.45, 2.75) is 123 Å². The summed E-state index contributed by atoms with van der Waals surface area (Å²) in [5.41, 5.74) is -1.45. The van der Waals surface area contributed by atoms with E-state index >= 15 is 0 Å². The van der Waals surface area contributed by atoms with Crippen molar-refractivity contribution in [3.63, 3.8) is 0 Å². The fourth-order valence-electron chi connectivity index (χ4n) is 14.7. The number of piperazine rings is 1. The van der Waals surface area contributed by atoms with Gasteiger partial charge in [0.05, 0.1) is 17.6 Å². The number of carbonyl (C=O) groups excluding carboxylic acids is 1. The fraction of sp³-hybridized carbons (Fsp3) is 0.911. The van der Waals surface area contributed by atoms with Crippen molar-refractivity contribution in [3.8, 4) is 0 Å². The minimum atomic E-state index is -1.15. The summed E-state index contributed by atoms with van der Waals surface area (Å²) in [5, 5.41) is 11.7. The maximum absolute atomic E-state index is 14.3. The summed E-state index contributed by atoms with van der Waals surface area (Å²) in [6.45, 7) is 22.9. The minimum Gasteiger partial charge on any atom is -0.481 e. The molecule has 5 aliphatic carbocycles. The minimum absolute atomic E-state index is 0.101. The molecule has 3 aliphatic heterocycles. The predicted molar refractivity (Wildman–Crippen MR) is 211 cm³/mol. The molecule has 8 aliphatic rings. The summed E-state index contributed by atoms with van der Waals surface area (Å²) in [7, 11) is 0. The zero-order chi connectivity index (χ0) is 37.0. The molecule has 1 N–H and O–H groups in total. The monoisotopic (exact) mass is 735 g/mol. The van der Waals surface area contributed by atoms with Gasteiger partial charge in [0, 0.05) is 64.3 Å². The van der Waals surface area contributed by atoms with Crippen LogP contribution < -0.4 is 0 Å². The first-order valence-corrected chi connectivity index (χ1v) is 22.6. The Bertz CT molecular complexity index is 1340. The van der Waals surface area contributed by atoms with Crippen molar-refractivity contribution in [2.24, 2.45) is 57.7 Å². The average molecular weight is 735 g/mol. The van der Waals surface area contributed by atoms with Crippen molar-refractivity contribution in [2.75, 3.05) is 78.5 Å². The third-order valence-electron chi connectivity index (χ3n) is 17.3. The van der Waals surface area contributed by atoms with Gasteiger partial charge in [-0.3, -0.25) is 19.5 Å². The van der Waals surface area contributed by atoms with E-state index in [4.69, 9.17) is 4.74 Å². The summed E-state index contributed by atoms with van der Waals surface area (Å²) < 4.78 is 7.54. The maximum Gasteiger partial charge on any atom is 0.315 e. The molecule has 8 nitrogen and oxygen atoms in total. The van der Waals surface area contributed by atoms with Gasteiger partial charge < -0.3 is 19.5 Å². The zero-order valence-corrected chi connectivity index (χ0v) is 34.0.